The van der Waals surface area contributed by atoms with E-state index in [0.717, 1.165) is 24.0 Å². The fourth-order valence-corrected chi connectivity index (χ4v) is 2.02. The molecular formula is C15H20N4O. The van der Waals surface area contributed by atoms with Gasteiger partial charge in [-0.3, -0.25) is 4.79 Å². The molecule has 0 bridgehead atoms. The predicted octanol–water partition coefficient (Wildman–Crippen LogP) is 1.74. The van der Waals surface area contributed by atoms with Crippen LogP contribution in [0.1, 0.15) is 18.1 Å². The van der Waals surface area contributed by atoms with Gasteiger partial charge in [0.15, 0.2) is 0 Å². The largest absolute Gasteiger partial charge is 0.361 e. The first-order chi connectivity index (χ1) is 9.56. The third-order valence-electron chi connectivity index (χ3n) is 3.06. The molecule has 0 aliphatic carbocycles. The number of rotatable bonds is 5. The van der Waals surface area contributed by atoms with Crippen LogP contribution >= 0.6 is 0 Å². The van der Waals surface area contributed by atoms with Crippen molar-refractivity contribution in [3.63, 3.8) is 0 Å². The summed E-state index contributed by atoms with van der Waals surface area (Å²) in [4.78, 5) is 16.2. The number of aromatic nitrogens is 1. The molecule has 20 heavy (non-hydrogen) atoms. The van der Waals surface area contributed by atoms with E-state index in [1.807, 2.05) is 12.1 Å². The molecule has 0 spiro atoms. The minimum absolute atomic E-state index is 0.171. The van der Waals surface area contributed by atoms with Crippen molar-refractivity contribution in [2.45, 2.75) is 13.3 Å². The predicted molar refractivity (Wildman–Crippen MR) is 82.0 cm³/mol. The number of carbonyl (C=O) groups is 1. The molecule has 106 valence electrons. The normalized spacial score (nSPS) is 11.6. The summed E-state index contributed by atoms with van der Waals surface area (Å²) in [6.07, 6.45) is 4.71. The van der Waals surface area contributed by atoms with Crippen LogP contribution in [-0.4, -0.2) is 42.6 Å². The van der Waals surface area contributed by atoms with Gasteiger partial charge in [0.2, 0.25) is 5.91 Å². The van der Waals surface area contributed by atoms with Gasteiger partial charge in [-0.2, -0.15) is 5.10 Å². The van der Waals surface area contributed by atoms with E-state index in [9.17, 15) is 4.79 Å². The summed E-state index contributed by atoms with van der Waals surface area (Å²) >= 11 is 0. The zero-order valence-corrected chi connectivity index (χ0v) is 12.1. The maximum absolute atomic E-state index is 10.8. The third-order valence-corrected chi connectivity index (χ3v) is 3.06. The zero-order chi connectivity index (χ0) is 14.5. The van der Waals surface area contributed by atoms with Gasteiger partial charge in [-0.25, -0.2) is 5.43 Å². The van der Waals surface area contributed by atoms with Gasteiger partial charge in [-0.1, -0.05) is 6.07 Å². The fraction of sp³-hybridized carbons (Fsp3) is 0.333. The number of hydrogen-bond donors (Lipinski definition) is 2. The first-order valence-electron chi connectivity index (χ1n) is 6.60. The number of fused-ring (bicyclic) bond motifs is 1. The summed E-state index contributed by atoms with van der Waals surface area (Å²) < 4.78 is 0. The average molecular weight is 272 g/mol. The van der Waals surface area contributed by atoms with Gasteiger partial charge >= 0.3 is 0 Å². The highest BCUT2D eigenvalue weighted by molar-refractivity contribution is 5.91. The summed E-state index contributed by atoms with van der Waals surface area (Å²) in [5.74, 6) is -0.171. The van der Waals surface area contributed by atoms with E-state index in [1.54, 1.807) is 6.21 Å². The lowest BCUT2D eigenvalue weighted by Gasteiger charge is -2.08. The lowest BCUT2D eigenvalue weighted by atomic mass is 10.1. The standard InChI is InChI=1S/C15H20N4O/c1-11(20)18-17-9-12-4-5-15-14(8-12)13(10-16-15)6-7-19(2)3/h4-5,8-10,16H,6-7H2,1-3H3,(H,18,20)/b17-9+. The molecule has 0 unspecified atom stereocenters. The number of hydrazone groups is 1. The molecule has 2 N–H and O–H groups in total. The summed E-state index contributed by atoms with van der Waals surface area (Å²) in [5, 5.41) is 5.10. The van der Waals surface area contributed by atoms with Crippen LogP contribution in [0.25, 0.3) is 10.9 Å². The Bertz CT molecular complexity index is 628. The van der Waals surface area contributed by atoms with Crippen LogP contribution in [0.3, 0.4) is 0 Å². The lowest BCUT2D eigenvalue weighted by molar-refractivity contribution is -0.118. The topological polar surface area (TPSA) is 60.5 Å². The van der Waals surface area contributed by atoms with Gasteiger partial charge in [0.25, 0.3) is 0 Å². The van der Waals surface area contributed by atoms with Crippen LogP contribution in [0, 0.1) is 0 Å². The van der Waals surface area contributed by atoms with Crippen molar-refractivity contribution in [3.8, 4) is 0 Å². The lowest BCUT2D eigenvalue weighted by Crippen LogP contribution is -2.14. The maximum atomic E-state index is 10.8. The number of carbonyl (C=O) groups excluding carboxylic acids is 1. The monoisotopic (exact) mass is 272 g/mol. The Labute approximate surface area is 118 Å². The molecule has 5 nitrogen and oxygen atoms in total. The van der Waals surface area contributed by atoms with E-state index < -0.39 is 0 Å². The van der Waals surface area contributed by atoms with Crippen molar-refractivity contribution in [2.24, 2.45) is 5.10 Å². The maximum Gasteiger partial charge on any atom is 0.236 e. The molecule has 0 atom stereocenters. The number of nitrogens with one attached hydrogen (secondary N) is 2. The van der Waals surface area contributed by atoms with Crippen LogP contribution in [-0.2, 0) is 11.2 Å². The first-order valence-corrected chi connectivity index (χ1v) is 6.60. The molecule has 1 heterocycles. The Morgan fingerprint density at radius 2 is 2.25 bits per heavy atom. The summed E-state index contributed by atoms with van der Waals surface area (Å²) in [6, 6.07) is 6.09. The second-order valence-electron chi connectivity index (χ2n) is 5.10. The molecule has 2 rings (SSSR count). The molecule has 0 radical (unpaired) electrons. The highest BCUT2D eigenvalue weighted by Crippen LogP contribution is 2.20. The Balaban J connectivity index is 2.20. The molecule has 0 fully saturated rings. The Morgan fingerprint density at radius 1 is 1.45 bits per heavy atom. The second kappa shape index (κ2) is 6.34. The number of amides is 1. The number of likely N-dealkylation sites (N-methyl/N-ethyl adjacent to an activating group) is 1. The van der Waals surface area contributed by atoms with E-state index in [2.05, 4.69) is 46.8 Å². The third kappa shape index (κ3) is 3.68. The molecule has 2 aromatic rings. The summed E-state index contributed by atoms with van der Waals surface area (Å²) in [5.41, 5.74) is 5.79. The van der Waals surface area contributed by atoms with E-state index in [4.69, 9.17) is 0 Å². The van der Waals surface area contributed by atoms with Crippen molar-refractivity contribution in [1.29, 1.82) is 0 Å². The van der Waals surface area contributed by atoms with Gasteiger partial charge in [-0.05, 0) is 43.8 Å². The molecule has 1 aromatic carbocycles. The van der Waals surface area contributed by atoms with Crippen LogP contribution in [0.2, 0.25) is 0 Å². The van der Waals surface area contributed by atoms with Crippen LogP contribution < -0.4 is 5.43 Å². The van der Waals surface area contributed by atoms with E-state index in [0.29, 0.717) is 0 Å². The highest BCUT2D eigenvalue weighted by Gasteiger charge is 2.04. The molecule has 1 aromatic heterocycles. The molecule has 0 saturated heterocycles. The number of benzene rings is 1. The van der Waals surface area contributed by atoms with Gasteiger partial charge in [0.05, 0.1) is 6.21 Å². The Kier molecular flexibility index (Phi) is 4.53. The number of H-pyrrole nitrogens is 1. The molecule has 5 heteroatoms. The number of nitrogens with zero attached hydrogens (tertiary/aromatic N) is 2. The summed E-state index contributed by atoms with van der Waals surface area (Å²) in [7, 11) is 4.14. The van der Waals surface area contributed by atoms with Gasteiger partial charge in [0, 0.05) is 30.6 Å². The average Bonchev–Trinajstić information content (AvgIpc) is 2.78. The van der Waals surface area contributed by atoms with E-state index in [1.165, 1.54) is 17.9 Å². The summed E-state index contributed by atoms with van der Waals surface area (Å²) in [6.45, 7) is 2.45. The van der Waals surface area contributed by atoms with Crippen LogP contribution in [0.4, 0.5) is 0 Å². The SMILES string of the molecule is CC(=O)N/N=C/c1ccc2[nH]cc(CCN(C)C)c2c1. The molecule has 1 amide bonds. The van der Waals surface area contributed by atoms with Crippen molar-refractivity contribution in [2.75, 3.05) is 20.6 Å². The first kappa shape index (κ1) is 14.3. The molecular weight excluding hydrogens is 252 g/mol. The fourth-order valence-electron chi connectivity index (χ4n) is 2.02. The van der Waals surface area contributed by atoms with Crippen molar-refractivity contribution >= 4 is 23.0 Å². The zero-order valence-electron chi connectivity index (χ0n) is 12.1. The van der Waals surface area contributed by atoms with E-state index >= 15 is 0 Å². The number of aromatic amines is 1. The molecule has 0 aliphatic rings. The van der Waals surface area contributed by atoms with E-state index in [-0.39, 0.29) is 5.91 Å². The van der Waals surface area contributed by atoms with Crippen molar-refractivity contribution in [3.05, 3.63) is 35.5 Å². The highest BCUT2D eigenvalue weighted by atomic mass is 16.2. The number of hydrogen-bond acceptors (Lipinski definition) is 3. The smallest absolute Gasteiger partial charge is 0.236 e. The van der Waals surface area contributed by atoms with Gasteiger partial charge in [-0.15, -0.1) is 0 Å². The van der Waals surface area contributed by atoms with Gasteiger partial charge < -0.3 is 9.88 Å². The quantitative estimate of drug-likeness (QED) is 0.643. The Morgan fingerprint density at radius 3 is 2.95 bits per heavy atom. The second-order valence-corrected chi connectivity index (χ2v) is 5.10. The minimum Gasteiger partial charge on any atom is -0.361 e. The Hall–Kier alpha value is -2.14. The molecule has 0 saturated carbocycles. The van der Waals surface area contributed by atoms with Crippen molar-refractivity contribution in [1.82, 2.24) is 15.3 Å². The van der Waals surface area contributed by atoms with Gasteiger partial charge in [0.1, 0.15) is 0 Å². The van der Waals surface area contributed by atoms with Crippen molar-refractivity contribution < 1.29 is 4.79 Å². The van der Waals surface area contributed by atoms with Crippen LogP contribution in [0.5, 0.6) is 0 Å². The molecule has 0 aliphatic heterocycles. The van der Waals surface area contributed by atoms with Crippen LogP contribution in [0.15, 0.2) is 29.5 Å². The minimum atomic E-state index is -0.171.